The van der Waals surface area contributed by atoms with Gasteiger partial charge in [-0.3, -0.25) is 0 Å². The van der Waals surface area contributed by atoms with Gasteiger partial charge < -0.3 is 10.1 Å². The van der Waals surface area contributed by atoms with E-state index in [1.54, 1.807) is 19.2 Å². The number of nitrogens with one attached hydrogen (secondary N) is 1. The van der Waals surface area contributed by atoms with Crippen molar-refractivity contribution < 1.29 is 17.5 Å². The summed E-state index contributed by atoms with van der Waals surface area (Å²) in [7, 11) is -1.47. The quantitative estimate of drug-likeness (QED) is 0.922. The van der Waals surface area contributed by atoms with E-state index in [1.807, 2.05) is 0 Å². The smallest absolute Gasteiger partial charge is 0.175 e. The van der Waals surface area contributed by atoms with Gasteiger partial charge in [0.1, 0.15) is 5.75 Å². The van der Waals surface area contributed by atoms with Gasteiger partial charge in [0.2, 0.25) is 0 Å². The number of rotatable bonds is 5. The molecule has 0 atom stereocenters. The Hall–Kier alpha value is -1.92. The number of halogens is 1. The van der Waals surface area contributed by atoms with E-state index in [1.165, 1.54) is 30.3 Å². The van der Waals surface area contributed by atoms with E-state index in [4.69, 9.17) is 4.74 Å². The first-order valence-corrected chi connectivity index (χ1v) is 8.20. The van der Waals surface area contributed by atoms with E-state index in [0.717, 1.165) is 11.8 Å². The lowest BCUT2D eigenvalue weighted by Gasteiger charge is -2.09. The van der Waals surface area contributed by atoms with E-state index in [-0.39, 0.29) is 10.6 Å². The minimum Gasteiger partial charge on any atom is -0.454 e. The third-order valence-electron chi connectivity index (χ3n) is 2.86. The topological polar surface area (TPSA) is 55.4 Å². The first-order valence-electron chi connectivity index (χ1n) is 6.31. The van der Waals surface area contributed by atoms with Crippen molar-refractivity contribution in [1.82, 2.24) is 5.32 Å². The summed E-state index contributed by atoms with van der Waals surface area (Å²) in [4.78, 5) is 0.194. The van der Waals surface area contributed by atoms with E-state index in [0.29, 0.717) is 12.3 Å². The largest absolute Gasteiger partial charge is 0.454 e. The molecule has 0 saturated carbocycles. The fourth-order valence-corrected chi connectivity index (χ4v) is 2.45. The van der Waals surface area contributed by atoms with Crippen LogP contribution in [0.5, 0.6) is 11.5 Å². The first-order chi connectivity index (χ1) is 9.90. The number of benzene rings is 2. The van der Waals surface area contributed by atoms with E-state index in [2.05, 4.69) is 5.32 Å². The summed E-state index contributed by atoms with van der Waals surface area (Å²) in [6.45, 7) is 0.570. The van der Waals surface area contributed by atoms with Crippen molar-refractivity contribution in [2.45, 2.75) is 11.4 Å². The van der Waals surface area contributed by atoms with Crippen molar-refractivity contribution >= 4 is 9.84 Å². The van der Waals surface area contributed by atoms with Gasteiger partial charge >= 0.3 is 0 Å². The molecule has 0 aliphatic heterocycles. The van der Waals surface area contributed by atoms with Crippen LogP contribution in [0, 0.1) is 5.82 Å². The second-order valence-electron chi connectivity index (χ2n) is 4.64. The van der Waals surface area contributed by atoms with Gasteiger partial charge in [-0.15, -0.1) is 0 Å². The van der Waals surface area contributed by atoms with Crippen LogP contribution in [0.1, 0.15) is 5.56 Å². The number of ether oxygens (including phenoxy) is 1. The zero-order chi connectivity index (χ0) is 15.5. The average Bonchev–Trinajstić information content (AvgIpc) is 2.42. The second kappa shape index (κ2) is 6.24. The van der Waals surface area contributed by atoms with Gasteiger partial charge in [-0.2, -0.15) is 0 Å². The van der Waals surface area contributed by atoms with Crippen LogP contribution in [0.15, 0.2) is 47.4 Å². The molecule has 0 heterocycles. The highest BCUT2D eigenvalue weighted by Gasteiger charge is 2.09. The molecule has 21 heavy (non-hydrogen) atoms. The molecule has 0 radical (unpaired) electrons. The SMILES string of the molecule is CNCc1ccc(Oc2ccc(S(C)(=O)=O)cc2)c(F)c1. The maximum absolute atomic E-state index is 13.9. The molecule has 112 valence electrons. The fraction of sp³-hybridized carbons (Fsp3) is 0.200. The molecule has 2 aromatic rings. The maximum atomic E-state index is 13.9. The predicted octanol–water partition coefficient (Wildman–Crippen LogP) is 2.74. The Kier molecular flexibility index (Phi) is 4.59. The zero-order valence-electron chi connectivity index (χ0n) is 11.8. The average molecular weight is 309 g/mol. The molecule has 0 saturated heterocycles. The molecule has 0 aliphatic carbocycles. The molecule has 2 rings (SSSR count). The van der Waals surface area contributed by atoms with E-state index >= 15 is 0 Å². The molecule has 0 aromatic heterocycles. The van der Waals surface area contributed by atoms with Crippen molar-refractivity contribution in [1.29, 1.82) is 0 Å². The van der Waals surface area contributed by atoms with Crippen LogP contribution in [-0.4, -0.2) is 21.7 Å². The Balaban J connectivity index is 2.18. The molecule has 0 aliphatic rings. The first kappa shape index (κ1) is 15.5. The molecule has 0 unspecified atom stereocenters. The summed E-state index contributed by atoms with van der Waals surface area (Å²) < 4.78 is 42.0. The van der Waals surface area contributed by atoms with Gasteiger partial charge in [-0.1, -0.05) is 6.07 Å². The molecule has 0 spiro atoms. The number of hydrogen-bond acceptors (Lipinski definition) is 4. The van der Waals surface area contributed by atoms with Crippen LogP contribution in [0.25, 0.3) is 0 Å². The summed E-state index contributed by atoms with van der Waals surface area (Å²) in [6, 6.07) is 10.6. The summed E-state index contributed by atoms with van der Waals surface area (Å²) in [5, 5.41) is 2.94. The lowest BCUT2D eigenvalue weighted by Crippen LogP contribution is -2.05. The lowest BCUT2D eigenvalue weighted by atomic mass is 10.2. The van der Waals surface area contributed by atoms with Crippen molar-refractivity contribution in [3.63, 3.8) is 0 Å². The molecule has 6 heteroatoms. The Morgan fingerprint density at radius 3 is 2.33 bits per heavy atom. The Morgan fingerprint density at radius 2 is 1.81 bits per heavy atom. The summed E-state index contributed by atoms with van der Waals surface area (Å²) >= 11 is 0. The molecule has 2 aromatic carbocycles. The molecule has 0 bridgehead atoms. The van der Waals surface area contributed by atoms with Crippen LogP contribution in [0.2, 0.25) is 0 Å². The van der Waals surface area contributed by atoms with Crippen LogP contribution < -0.4 is 10.1 Å². The zero-order valence-corrected chi connectivity index (χ0v) is 12.6. The Morgan fingerprint density at radius 1 is 1.14 bits per heavy atom. The monoisotopic (exact) mass is 309 g/mol. The Bertz CT molecular complexity index is 727. The van der Waals surface area contributed by atoms with Crippen LogP contribution in [-0.2, 0) is 16.4 Å². The summed E-state index contributed by atoms with van der Waals surface area (Å²) in [6.07, 6.45) is 1.13. The minimum absolute atomic E-state index is 0.0990. The highest BCUT2D eigenvalue weighted by molar-refractivity contribution is 7.90. The van der Waals surface area contributed by atoms with E-state index < -0.39 is 15.7 Å². The van der Waals surface area contributed by atoms with Gasteiger partial charge in [0.15, 0.2) is 21.4 Å². The molecular formula is C15H16FNO3S. The molecule has 4 nitrogen and oxygen atoms in total. The van der Waals surface area contributed by atoms with Crippen LogP contribution in [0.3, 0.4) is 0 Å². The van der Waals surface area contributed by atoms with E-state index in [9.17, 15) is 12.8 Å². The van der Waals surface area contributed by atoms with Crippen LogP contribution in [0.4, 0.5) is 4.39 Å². The summed E-state index contributed by atoms with van der Waals surface area (Å²) in [5.41, 5.74) is 0.815. The third kappa shape index (κ3) is 4.03. The number of sulfone groups is 1. The van der Waals surface area contributed by atoms with Crippen LogP contribution >= 0.6 is 0 Å². The standard InChI is InChI=1S/C15H16FNO3S/c1-17-10-11-3-8-15(14(16)9-11)20-12-4-6-13(7-5-12)21(2,18)19/h3-9,17H,10H2,1-2H3. The molecule has 0 fully saturated rings. The minimum atomic E-state index is -3.25. The highest BCUT2D eigenvalue weighted by Crippen LogP contribution is 2.26. The van der Waals surface area contributed by atoms with Crippen molar-refractivity contribution in [3.05, 3.63) is 53.8 Å². The fourth-order valence-electron chi connectivity index (χ4n) is 1.82. The van der Waals surface area contributed by atoms with Gasteiger partial charge in [0, 0.05) is 12.8 Å². The van der Waals surface area contributed by atoms with Gasteiger partial charge in [0.25, 0.3) is 0 Å². The van der Waals surface area contributed by atoms with Gasteiger partial charge in [-0.05, 0) is 49.0 Å². The Labute approximate surface area is 123 Å². The van der Waals surface area contributed by atoms with Gasteiger partial charge in [0.05, 0.1) is 4.90 Å². The normalized spacial score (nSPS) is 11.4. The summed E-state index contributed by atoms with van der Waals surface area (Å²) in [5.74, 6) is 0.0135. The second-order valence-corrected chi connectivity index (χ2v) is 6.66. The predicted molar refractivity (Wildman–Crippen MR) is 78.8 cm³/mol. The molecule has 0 amide bonds. The van der Waals surface area contributed by atoms with Crippen molar-refractivity contribution in [2.75, 3.05) is 13.3 Å². The maximum Gasteiger partial charge on any atom is 0.175 e. The third-order valence-corrected chi connectivity index (χ3v) is 3.99. The van der Waals surface area contributed by atoms with Crippen molar-refractivity contribution in [2.24, 2.45) is 0 Å². The number of hydrogen-bond donors (Lipinski definition) is 1. The van der Waals surface area contributed by atoms with Crippen molar-refractivity contribution in [3.8, 4) is 11.5 Å². The molecule has 1 N–H and O–H groups in total. The van der Waals surface area contributed by atoms with Gasteiger partial charge in [-0.25, -0.2) is 12.8 Å². The molecular weight excluding hydrogens is 293 g/mol. The lowest BCUT2D eigenvalue weighted by molar-refractivity contribution is 0.441. The highest BCUT2D eigenvalue weighted by atomic mass is 32.2.